The van der Waals surface area contributed by atoms with Gasteiger partial charge in [-0.2, -0.15) is 18.4 Å². The number of allylic oxidation sites excluding steroid dienone is 1. The Bertz CT molecular complexity index is 2830. The van der Waals surface area contributed by atoms with Gasteiger partial charge in [-0.25, -0.2) is 28.6 Å². The van der Waals surface area contributed by atoms with Gasteiger partial charge >= 0.3 is 18.0 Å². The van der Waals surface area contributed by atoms with Crippen LogP contribution in [0.5, 0.6) is 17.5 Å². The summed E-state index contributed by atoms with van der Waals surface area (Å²) in [5, 5.41) is 4.74. The van der Waals surface area contributed by atoms with Crippen LogP contribution >= 0.6 is 39.1 Å². The fraction of sp³-hybridized carbons (Fsp3) is 0.370. The van der Waals surface area contributed by atoms with Crippen LogP contribution in [0.3, 0.4) is 0 Å². The zero-order valence-electron chi connectivity index (χ0n) is 39.1. The predicted molar refractivity (Wildman–Crippen MR) is 261 cm³/mol. The summed E-state index contributed by atoms with van der Waals surface area (Å²) < 4.78 is 63.2. The minimum Gasteiger partial charge on any atom is -0.489 e. The fourth-order valence-electron chi connectivity index (χ4n) is 6.69. The highest BCUT2D eigenvalue weighted by Gasteiger charge is 2.40. The number of anilines is 2. The van der Waals surface area contributed by atoms with Gasteiger partial charge in [-0.15, -0.1) is 0 Å². The standard InChI is InChI=1S/C17H17ClFNO4.C15H22BrNO.C14H13ClN6O5S/c1-9(2)15-16(21)20(17(22)24-15)13-8-14(11(18)7-12(13)19)23-10-5-3-4-6-10;1-14(2,3)12(16)13(18)17-15(4,5)11-9-7-6-8-10-11;1-25-9-7-10(26-2)18-13(17-9)19-14(22)20-27(23,24)12-11(15)16-8-5-3-4-6-21(8)12/h7-8,10H,3-6H2,1-2H3;6-10,12H,1-5H3,(H,17,18);3-7H,1-2H3,(H2,17,18,19,20,22). The normalized spacial score (nSPS) is 14.4. The number of hydrogen-bond donors (Lipinski definition) is 3. The highest BCUT2D eigenvalue weighted by atomic mass is 79.9. The van der Waals surface area contributed by atoms with Gasteiger partial charge < -0.3 is 24.3 Å². The summed E-state index contributed by atoms with van der Waals surface area (Å²) in [5.41, 5.74) is 1.26. The quantitative estimate of drug-likeness (QED) is 0.0829. The van der Waals surface area contributed by atoms with E-state index in [4.69, 9.17) is 42.1 Å². The van der Waals surface area contributed by atoms with Gasteiger partial charge in [0.25, 0.3) is 10.0 Å². The highest BCUT2D eigenvalue weighted by Crippen LogP contribution is 2.38. The number of carbonyl (C=O) groups is 4. The van der Waals surface area contributed by atoms with Crippen molar-refractivity contribution in [2.24, 2.45) is 5.41 Å². The van der Waals surface area contributed by atoms with Gasteiger partial charge in [0.2, 0.25) is 23.6 Å². The molecule has 2 aromatic carbocycles. The number of rotatable bonds is 11. The lowest BCUT2D eigenvalue weighted by molar-refractivity contribution is -0.123. The molecule has 69 heavy (non-hydrogen) atoms. The molecular formula is C46H52BrCl2FN8O10S. The maximum absolute atomic E-state index is 14.3. The SMILES string of the molecule is CC(C)(NC(=O)C(Br)C(C)(C)C)c1ccccc1.CC(C)=C1OC(=O)N(c2cc(OC3CCCC3)c(Cl)cc2F)C1=O.COc1cc(OC)nc(NC(=O)NS(=O)(=O)c2c(Cl)nc3ccccn23)n1. The topological polar surface area (TPSA) is 222 Å². The molecule has 0 radical (unpaired) electrons. The lowest BCUT2D eigenvalue weighted by atomic mass is 9.89. The van der Waals surface area contributed by atoms with Crippen LogP contribution in [0.15, 0.2) is 89.3 Å². The summed E-state index contributed by atoms with van der Waals surface area (Å²) in [5.74, 6) is -1.29. The fourth-order valence-corrected chi connectivity index (χ4v) is 8.56. The van der Waals surface area contributed by atoms with Crippen molar-refractivity contribution in [2.45, 2.75) is 95.6 Å². The van der Waals surface area contributed by atoms with Crippen LogP contribution in [-0.4, -0.2) is 76.9 Å². The number of carbonyl (C=O) groups excluding carboxylic acids is 4. The number of cyclic esters (lactones) is 1. The number of amides is 5. The highest BCUT2D eigenvalue weighted by molar-refractivity contribution is 9.10. The van der Waals surface area contributed by atoms with E-state index in [0.717, 1.165) is 37.3 Å². The molecule has 1 aliphatic carbocycles. The number of urea groups is 1. The number of fused-ring (bicyclic) bond motifs is 1. The van der Waals surface area contributed by atoms with Crippen LogP contribution in [0.2, 0.25) is 10.2 Å². The van der Waals surface area contributed by atoms with Gasteiger partial charge in [0.05, 0.1) is 47.5 Å². The summed E-state index contributed by atoms with van der Waals surface area (Å²) in [4.78, 5) is 60.8. The molecule has 1 atom stereocenters. The van der Waals surface area contributed by atoms with Crippen molar-refractivity contribution in [1.82, 2.24) is 29.4 Å². The summed E-state index contributed by atoms with van der Waals surface area (Å²) in [6.07, 6.45) is 4.45. The average Bonchev–Trinajstić information content (AvgIpc) is 4.01. The van der Waals surface area contributed by atoms with Crippen LogP contribution in [0, 0.1) is 11.2 Å². The second-order valence-corrected chi connectivity index (χ2v) is 20.6. The van der Waals surface area contributed by atoms with Gasteiger partial charge in [0.15, 0.2) is 15.9 Å². The number of sulfonamides is 1. The lowest BCUT2D eigenvalue weighted by Crippen LogP contribution is -2.47. The van der Waals surface area contributed by atoms with Crippen molar-refractivity contribution in [1.29, 1.82) is 0 Å². The summed E-state index contributed by atoms with van der Waals surface area (Å²) in [7, 11) is -1.61. The Morgan fingerprint density at radius 3 is 2.09 bits per heavy atom. The molecule has 5 amide bonds. The van der Waals surface area contributed by atoms with Crippen molar-refractivity contribution in [3.63, 3.8) is 0 Å². The Balaban J connectivity index is 0.000000197. The molecule has 2 aliphatic rings. The molecule has 3 N–H and O–H groups in total. The molecule has 1 unspecified atom stereocenters. The second kappa shape index (κ2) is 22.6. The third kappa shape index (κ3) is 13.6. The number of halogens is 4. The number of ether oxygens (including phenoxy) is 4. The zero-order valence-corrected chi connectivity index (χ0v) is 43.1. The molecule has 4 heterocycles. The number of hydrogen-bond acceptors (Lipinski definition) is 13. The van der Waals surface area contributed by atoms with Gasteiger partial charge in [-0.3, -0.25) is 19.3 Å². The maximum Gasteiger partial charge on any atom is 0.427 e. The first-order valence-electron chi connectivity index (χ1n) is 21.2. The molecule has 7 rings (SSSR count). The smallest absolute Gasteiger partial charge is 0.427 e. The van der Waals surface area contributed by atoms with E-state index in [-0.39, 0.29) is 77.9 Å². The van der Waals surface area contributed by atoms with E-state index in [2.05, 4.69) is 41.5 Å². The molecule has 1 aliphatic heterocycles. The monoisotopic (exact) mass is 1080 g/mol. The number of nitrogens with one attached hydrogen (secondary N) is 3. The van der Waals surface area contributed by atoms with Gasteiger partial charge in [0, 0.05) is 12.3 Å². The number of benzene rings is 2. The van der Waals surface area contributed by atoms with Gasteiger partial charge in [-0.05, 0) is 88.1 Å². The zero-order chi connectivity index (χ0) is 51.0. The largest absolute Gasteiger partial charge is 0.489 e. The molecule has 370 valence electrons. The van der Waals surface area contributed by atoms with E-state index in [9.17, 15) is 32.0 Å². The molecule has 0 bridgehead atoms. The van der Waals surface area contributed by atoms with Crippen molar-refractivity contribution < 1.29 is 50.9 Å². The van der Waals surface area contributed by atoms with Crippen LogP contribution in [0.4, 0.5) is 25.6 Å². The minimum absolute atomic E-state index is 0.00962. The van der Waals surface area contributed by atoms with E-state index in [1.165, 1.54) is 36.9 Å². The first kappa shape index (κ1) is 53.9. The third-order valence-electron chi connectivity index (χ3n) is 10.2. The number of methoxy groups -OCH3 is 2. The predicted octanol–water partition coefficient (Wildman–Crippen LogP) is 9.73. The molecule has 1 saturated carbocycles. The van der Waals surface area contributed by atoms with E-state index in [1.54, 1.807) is 32.0 Å². The number of nitrogens with zero attached hydrogens (tertiary/aromatic N) is 5. The summed E-state index contributed by atoms with van der Waals surface area (Å²) in [6.45, 7) is 13.4. The number of imide groups is 1. The molecular weight excluding hydrogens is 1030 g/mol. The van der Waals surface area contributed by atoms with Crippen molar-refractivity contribution >= 4 is 90.4 Å². The number of pyridine rings is 1. The number of aromatic nitrogens is 4. The van der Waals surface area contributed by atoms with Crippen molar-refractivity contribution in [2.75, 3.05) is 24.4 Å². The van der Waals surface area contributed by atoms with Gasteiger partial charge in [-0.1, -0.05) is 96.3 Å². The van der Waals surface area contributed by atoms with Crippen LogP contribution in [0.25, 0.3) is 5.65 Å². The Morgan fingerprint density at radius 1 is 0.913 bits per heavy atom. The van der Waals surface area contributed by atoms with E-state index >= 15 is 0 Å². The van der Waals surface area contributed by atoms with Crippen molar-refractivity contribution in [3.8, 4) is 17.5 Å². The van der Waals surface area contributed by atoms with Crippen molar-refractivity contribution in [3.05, 3.63) is 106 Å². The first-order valence-corrected chi connectivity index (χ1v) is 24.4. The number of imidazole rings is 1. The van der Waals surface area contributed by atoms with Crippen LogP contribution in [0.1, 0.15) is 79.7 Å². The maximum atomic E-state index is 14.3. The van der Waals surface area contributed by atoms with Crippen LogP contribution in [-0.2, 0) is 29.9 Å². The Hall–Kier alpha value is -6.03. The Labute approximate surface area is 417 Å². The first-order chi connectivity index (χ1) is 32.4. The Kier molecular flexibility index (Phi) is 17.7. The molecule has 2 fully saturated rings. The molecule has 5 aromatic rings. The molecule has 1 saturated heterocycles. The molecule has 0 spiro atoms. The lowest BCUT2D eigenvalue weighted by Gasteiger charge is -2.31. The van der Waals surface area contributed by atoms with Crippen LogP contribution < -0.4 is 34.5 Å². The molecule has 3 aromatic heterocycles. The van der Waals surface area contributed by atoms with Gasteiger partial charge in [0.1, 0.15) is 17.2 Å². The average molecular weight is 1080 g/mol. The van der Waals surface area contributed by atoms with E-state index < -0.39 is 33.9 Å². The van der Waals surface area contributed by atoms with E-state index in [1.807, 2.05) is 69.7 Å². The molecule has 18 nitrogen and oxygen atoms in total. The summed E-state index contributed by atoms with van der Waals surface area (Å²) >= 11 is 15.5. The minimum atomic E-state index is -4.34. The third-order valence-corrected chi connectivity index (χ3v) is 14.0. The van der Waals surface area contributed by atoms with E-state index in [0.29, 0.717) is 16.1 Å². The number of alkyl halides is 1. The Morgan fingerprint density at radius 2 is 1.52 bits per heavy atom. The summed E-state index contributed by atoms with van der Waals surface area (Å²) in [6, 6.07) is 17.4. The second-order valence-electron chi connectivity index (χ2n) is 17.3. The molecule has 23 heteroatoms.